The van der Waals surface area contributed by atoms with Crippen LogP contribution >= 0.6 is 0 Å². The van der Waals surface area contributed by atoms with Crippen molar-refractivity contribution in [3.05, 3.63) is 29.8 Å². The lowest BCUT2D eigenvalue weighted by Gasteiger charge is -2.22. The first kappa shape index (κ1) is 11.5. The summed E-state index contributed by atoms with van der Waals surface area (Å²) in [4.78, 5) is 13.9. The average Bonchev–Trinajstić information content (AvgIpc) is 2.92. The predicted molar refractivity (Wildman–Crippen MR) is 69.7 cm³/mol. The first-order chi connectivity index (χ1) is 8.66. The van der Waals surface area contributed by atoms with Crippen LogP contribution in [0.25, 0.3) is 0 Å². The Bertz CT molecular complexity index is 488. The minimum atomic E-state index is -0.126. The monoisotopic (exact) mass is 246 g/mol. The molecule has 2 aliphatic rings. The third kappa shape index (κ3) is 1.52. The van der Waals surface area contributed by atoms with E-state index in [1.54, 1.807) is 0 Å². The number of benzene rings is 1. The van der Waals surface area contributed by atoms with Crippen LogP contribution < -0.4 is 5.32 Å². The fourth-order valence-corrected chi connectivity index (χ4v) is 3.36. The van der Waals surface area contributed by atoms with Crippen molar-refractivity contribution in [2.24, 2.45) is 0 Å². The van der Waals surface area contributed by atoms with E-state index in [1.807, 2.05) is 13.1 Å². The van der Waals surface area contributed by atoms with Crippen LogP contribution in [0.5, 0.6) is 0 Å². The molecule has 0 aromatic heterocycles. The van der Waals surface area contributed by atoms with Gasteiger partial charge in [-0.3, -0.25) is 9.69 Å². The third-order valence-electron chi connectivity index (χ3n) is 4.26. The van der Waals surface area contributed by atoms with Crippen molar-refractivity contribution in [3.8, 4) is 0 Å². The molecule has 1 N–H and O–H groups in total. The van der Waals surface area contributed by atoms with Gasteiger partial charge in [-0.25, -0.2) is 0 Å². The van der Waals surface area contributed by atoms with Gasteiger partial charge >= 0.3 is 5.97 Å². The number of fused-ring (bicyclic) bond motifs is 2. The number of carbonyl (C=O) groups excluding carboxylic acids is 1. The van der Waals surface area contributed by atoms with Gasteiger partial charge in [-0.1, -0.05) is 18.2 Å². The first-order valence-electron chi connectivity index (χ1n) is 6.28. The fourth-order valence-electron chi connectivity index (χ4n) is 3.36. The molecule has 1 saturated heterocycles. The number of para-hydroxylation sites is 1. The molecule has 2 unspecified atom stereocenters. The van der Waals surface area contributed by atoms with E-state index in [4.69, 9.17) is 4.74 Å². The lowest BCUT2D eigenvalue weighted by molar-refractivity contribution is -0.145. The molecule has 18 heavy (non-hydrogen) atoms. The summed E-state index contributed by atoms with van der Waals surface area (Å²) >= 11 is 0. The van der Waals surface area contributed by atoms with Crippen LogP contribution in [0.1, 0.15) is 12.0 Å². The minimum absolute atomic E-state index is 0.0597. The minimum Gasteiger partial charge on any atom is -0.468 e. The van der Waals surface area contributed by atoms with E-state index in [2.05, 4.69) is 28.4 Å². The van der Waals surface area contributed by atoms with Crippen molar-refractivity contribution in [3.63, 3.8) is 0 Å². The first-order valence-corrected chi connectivity index (χ1v) is 6.28. The van der Waals surface area contributed by atoms with Gasteiger partial charge in [0.05, 0.1) is 7.11 Å². The van der Waals surface area contributed by atoms with Crippen molar-refractivity contribution in [2.75, 3.05) is 32.6 Å². The van der Waals surface area contributed by atoms with Gasteiger partial charge in [0.2, 0.25) is 0 Å². The smallest absolute Gasteiger partial charge is 0.323 e. The molecule has 1 fully saturated rings. The molecule has 0 radical (unpaired) electrons. The van der Waals surface area contributed by atoms with Gasteiger partial charge in [-0.15, -0.1) is 0 Å². The second-order valence-electron chi connectivity index (χ2n) is 5.34. The number of nitrogens with one attached hydrogen (secondary N) is 1. The molecule has 1 aromatic carbocycles. The van der Waals surface area contributed by atoms with Gasteiger partial charge in [0.25, 0.3) is 0 Å². The fraction of sp³-hybridized carbons (Fsp3) is 0.500. The standard InChI is InChI=1S/C14H18N2O2/c1-16-9-14(7-12(16)13(17)18-2)8-15-11-6-4-3-5-10(11)14/h3-6,12,15H,7-9H2,1-2H3. The molecule has 1 aromatic rings. The SMILES string of the molecule is COC(=O)C1CC2(CNc3ccccc32)CN1C. The van der Waals surface area contributed by atoms with Crippen LogP contribution in [0.2, 0.25) is 0 Å². The number of nitrogens with zero attached hydrogens (tertiary/aromatic N) is 1. The van der Waals surface area contributed by atoms with Crippen LogP contribution in [0, 0.1) is 0 Å². The molecule has 2 aliphatic heterocycles. The highest BCUT2D eigenvalue weighted by Crippen LogP contribution is 2.44. The van der Waals surface area contributed by atoms with Crippen molar-refractivity contribution in [2.45, 2.75) is 17.9 Å². The van der Waals surface area contributed by atoms with Crippen LogP contribution in [-0.4, -0.2) is 44.2 Å². The summed E-state index contributed by atoms with van der Waals surface area (Å²) in [6.45, 7) is 1.81. The van der Waals surface area contributed by atoms with E-state index >= 15 is 0 Å². The van der Waals surface area contributed by atoms with Crippen LogP contribution in [0.3, 0.4) is 0 Å². The van der Waals surface area contributed by atoms with E-state index < -0.39 is 0 Å². The Labute approximate surface area is 107 Å². The van der Waals surface area contributed by atoms with Gasteiger partial charge in [0, 0.05) is 24.2 Å². The largest absolute Gasteiger partial charge is 0.468 e. The Morgan fingerprint density at radius 2 is 2.28 bits per heavy atom. The van der Waals surface area contributed by atoms with E-state index in [9.17, 15) is 4.79 Å². The van der Waals surface area contributed by atoms with E-state index in [0.29, 0.717) is 0 Å². The van der Waals surface area contributed by atoms with Crippen molar-refractivity contribution in [1.29, 1.82) is 0 Å². The summed E-state index contributed by atoms with van der Waals surface area (Å²) in [5.41, 5.74) is 2.60. The highest BCUT2D eigenvalue weighted by molar-refractivity contribution is 5.77. The molecule has 4 heteroatoms. The second kappa shape index (κ2) is 3.99. The van der Waals surface area contributed by atoms with Crippen molar-refractivity contribution in [1.82, 2.24) is 4.90 Å². The molecule has 0 aliphatic carbocycles. The number of carbonyl (C=O) groups is 1. The van der Waals surface area contributed by atoms with Crippen LogP contribution in [0.4, 0.5) is 5.69 Å². The Hall–Kier alpha value is -1.55. The number of hydrogen-bond donors (Lipinski definition) is 1. The summed E-state index contributed by atoms with van der Waals surface area (Å²) in [6.07, 6.45) is 0.834. The highest BCUT2D eigenvalue weighted by atomic mass is 16.5. The number of likely N-dealkylation sites (N-methyl/N-ethyl adjacent to an activating group) is 1. The number of likely N-dealkylation sites (tertiary alicyclic amines) is 1. The zero-order valence-corrected chi connectivity index (χ0v) is 10.8. The number of anilines is 1. The normalized spacial score (nSPS) is 30.2. The van der Waals surface area contributed by atoms with Crippen molar-refractivity contribution >= 4 is 11.7 Å². The molecule has 0 bridgehead atoms. The predicted octanol–water partition coefficient (Wildman–Crippen LogP) is 1.23. The molecule has 4 nitrogen and oxygen atoms in total. The summed E-state index contributed by atoms with van der Waals surface area (Å²) in [7, 11) is 3.46. The molecule has 2 atom stereocenters. The Morgan fingerprint density at radius 3 is 3.06 bits per heavy atom. The summed E-state index contributed by atoms with van der Waals surface area (Å²) < 4.78 is 4.89. The van der Waals surface area contributed by atoms with E-state index in [-0.39, 0.29) is 17.4 Å². The van der Waals surface area contributed by atoms with Gasteiger partial charge in [-0.2, -0.15) is 0 Å². The number of esters is 1. The van der Waals surface area contributed by atoms with Gasteiger partial charge < -0.3 is 10.1 Å². The molecule has 96 valence electrons. The second-order valence-corrected chi connectivity index (χ2v) is 5.34. The molecule has 2 heterocycles. The van der Waals surface area contributed by atoms with Crippen LogP contribution in [0.15, 0.2) is 24.3 Å². The highest BCUT2D eigenvalue weighted by Gasteiger charge is 2.49. The molecule has 0 saturated carbocycles. The number of rotatable bonds is 1. The topological polar surface area (TPSA) is 41.6 Å². The summed E-state index contributed by atoms with van der Waals surface area (Å²) in [5, 5.41) is 3.45. The third-order valence-corrected chi connectivity index (χ3v) is 4.26. The summed E-state index contributed by atoms with van der Waals surface area (Å²) in [6, 6.07) is 8.27. The number of methoxy groups -OCH3 is 1. The lowest BCUT2D eigenvalue weighted by Crippen LogP contribution is -2.33. The average molecular weight is 246 g/mol. The maximum Gasteiger partial charge on any atom is 0.323 e. The quantitative estimate of drug-likeness (QED) is 0.757. The van der Waals surface area contributed by atoms with Gasteiger partial charge in [-0.05, 0) is 25.1 Å². The molecule has 0 amide bonds. The number of ether oxygens (including phenoxy) is 1. The van der Waals surface area contributed by atoms with Gasteiger partial charge in [0.15, 0.2) is 0 Å². The van der Waals surface area contributed by atoms with Crippen LogP contribution in [-0.2, 0) is 14.9 Å². The van der Waals surface area contributed by atoms with Gasteiger partial charge in [0.1, 0.15) is 6.04 Å². The zero-order chi connectivity index (χ0) is 12.8. The van der Waals surface area contributed by atoms with Crippen molar-refractivity contribution < 1.29 is 9.53 Å². The molecule has 3 rings (SSSR count). The van der Waals surface area contributed by atoms with E-state index in [0.717, 1.165) is 19.5 Å². The molecular weight excluding hydrogens is 228 g/mol. The maximum atomic E-state index is 11.8. The number of hydrogen-bond acceptors (Lipinski definition) is 4. The lowest BCUT2D eigenvalue weighted by atomic mass is 9.80. The van der Waals surface area contributed by atoms with E-state index in [1.165, 1.54) is 18.4 Å². The molecule has 1 spiro atoms. The Balaban J connectivity index is 1.94. The zero-order valence-electron chi connectivity index (χ0n) is 10.8. The maximum absolute atomic E-state index is 11.8. The molecular formula is C14H18N2O2. The Morgan fingerprint density at radius 1 is 1.50 bits per heavy atom. The Kier molecular flexibility index (Phi) is 2.55. The summed E-state index contributed by atoms with van der Waals surface area (Å²) in [5.74, 6) is -0.126.